The molecule has 118 valence electrons. The van der Waals surface area contributed by atoms with Crippen LogP contribution in [0.2, 0.25) is 0 Å². The Morgan fingerprint density at radius 2 is 1.58 bits per heavy atom. The largest absolute Gasteiger partial charge is 0.491 e. The van der Waals surface area contributed by atoms with E-state index in [1.807, 2.05) is 54.6 Å². The van der Waals surface area contributed by atoms with Gasteiger partial charge in [-0.25, -0.2) is 0 Å². The number of ether oxygens (including phenoxy) is 2. The standard InChI is InChI=1S/C18H14N4O2/c1-23-17-14-7-3-5-9-16(14)21-22-18(17)24-11-13-10-12-6-2-4-8-15(12)20-19-13/h2-10H,11H2,1H3. The Morgan fingerprint density at radius 3 is 2.46 bits per heavy atom. The van der Waals surface area contributed by atoms with Crippen LogP contribution in [0.5, 0.6) is 11.6 Å². The van der Waals surface area contributed by atoms with Crippen molar-refractivity contribution in [2.75, 3.05) is 7.11 Å². The van der Waals surface area contributed by atoms with E-state index in [1.54, 1.807) is 7.11 Å². The van der Waals surface area contributed by atoms with Gasteiger partial charge in [0.05, 0.1) is 18.1 Å². The van der Waals surface area contributed by atoms with Crippen molar-refractivity contribution >= 4 is 21.8 Å². The molecule has 4 rings (SSSR count). The van der Waals surface area contributed by atoms with Crippen LogP contribution < -0.4 is 9.47 Å². The number of benzene rings is 2. The third kappa shape index (κ3) is 2.58. The van der Waals surface area contributed by atoms with Gasteiger partial charge in [0.2, 0.25) is 0 Å². The van der Waals surface area contributed by atoms with E-state index in [9.17, 15) is 0 Å². The molecule has 0 unspecified atom stereocenters. The number of fused-ring (bicyclic) bond motifs is 2. The van der Waals surface area contributed by atoms with Crippen LogP contribution in [0, 0.1) is 0 Å². The fourth-order valence-corrected chi connectivity index (χ4v) is 2.54. The second-order valence-corrected chi connectivity index (χ2v) is 5.24. The maximum absolute atomic E-state index is 5.77. The lowest BCUT2D eigenvalue weighted by Crippen LogP contribution is -2.04. The summed E-state index contributed by atoms with van der Waals surface area (Å²) in [5.74, 6) is 0.903. The van der Waals surface area contributed by atoms with Gasteiger partial charge < -0.3 is 9.47 Å². The summed E-state index contributed by atoms with van der Waals surface area (Å²) in [4.78, 5) is 0. The first-order valence-corrected chi connectivity index (χ1v) is 7.49. The first-order chi connectivity index (χ1) is 11.8. The number of rotatable bonds is 4. The SMILES string of the molecule is COc1c(OCc2cc3ccccc3nn2)nnc2ccccc12. The highest BCUT2D eigenvalue weighted by molar-refractivity contribution is 5.86. The van der Waals surface area contributed by atoms with Crippen molar-refractivity contribution in [3.8, 4) is 11.6 Å². The quantitative estimate of drug-likeness (QED) is 0.575. The van der Waals surface area contributed by atoms with Crippen LogP contribution in [0.3, 0.4) is 0 Å². The highest BCUT2D eigenvalue weighted by atomic mass is 16.5. The predicted octanol–water partition coefficient (Wildman–Crippen LogP) is 3.16. The summed E-state index contributed by atoms with van der Waals surface area (Å²) >= 11 is 0. The van der Waals surface area contributed by atoms with E-state index in [2.05, 4.69) is 20.4 Å². The number of hydrogen-bond acceptors (Lipinski definition) is 6. The van der Waals surface area contributed by atoms with Gasteiger partial charge in [0.15, 0.2) is 5.75 Å². The highest BCUT2D eigenvalue weighted by Gasteiger charge is 2.13. The molecule has 0 aliphatic heterocycles. The lowest BCUT2D eigenvalue weighted by molar-refractivity contribution is 0.266. The van der Waals surface area contributed by atoms with E-state index in [0.717, 1.165) is 21.8 Å². The minimum atomic E-state index is 0.237. The monoisotopic (exact) mass is 318 g/mol. The molecule has 0 radical (unpaired) electrons. The molecule has 0 fully saturated rings. The van der Waals surface area contributed by atoms with Crippen molar-refractivity contribution in [3.63, 3.8) is 0 Å². The Hall–Kier alpha value is -3.28. The summed E-state index contributed by atoms with van der Waals surface area (Å²) in [7, 11) is 1.59. The Balaban J connectivity index is 1.63. The van der Waals surface area contributed by atoms with E-state index in [1.165, 1.54) is 0 Å². The molecule has 0 amide bonds. The fraction of sp³-hybridized carbons (Fsp3) is 0.111. The summed E-state index contributed by atoms with van der Waals surface area (Å²) in [5.41, 5.74) is 2.32. The maximum atomic E-state index is 5.77. The first-order valence-electron chi connectivity index (χ1n) is 7.49. The van der Waals surface area contributed by atoms with Crippen LogP contribution >= 0.6 is 0 Å². The van der Waals surface area contributed by atoms with Crippen molar-refractivity contribution in [3.05, 3.63) is 60.3 Å². The molecule has 6 heteroatoms. The minimum absolute atomic E-state index is 0.237. The van der Waals surface area contributed by atoms with Gasteiger partial charge in [-0.1, -0.05) is 30.3 Å². The van der Waals surface area contributed by atoms with Crippen LogP contribution in [0.25, 0.3) is 21.8 Å². The molecule has 0 aliphatic carbocycles. The van der Waals surface area contributed by atoms with Gasteiger partial charge in [-0.2, -0.15) is 10.2 Å². The molecular formula is C18H14N4O2. The summed E-state index contributed by atoms with van der Waals surface area (Å²) in [5, 5.41) is 18.5. The molecule has 0 N–H and O–H groups in total. The van der Waals surface area contributed by atoms with Gasteiger partial charge >= 0.3 is 0 Å². The average molecular weight is 318 g/mol. The average Bonchev–Trinajstić information content (AvgIpc) is 2.65. The Morgan fingerprint density at radius 1 is 0.833 bits per heavy atom. The zero-order valence-corrected chi connectivity index (χ0v) is 13.0. The first kappa shape index (κ1) is 14.3. The van der Waals surface area contributed by atoms with Crippen molar-refractivity contribution in [1.82, 2.24) is 20.4 Å². The molecule has 2 heterocycles. The lowest BCUT2D eigenvalue weighted by atomic mass is 10.2. The Kier molecular flexibility index (Phi) is 3.63. The van der Waals surface area contributed by atoms with E-state index in [-0.39, 0.29) is 6.61 Å². The van der Waals surface area contributed by atoms with E-state index in [0.29, 0.717) is 17.3 Å². The molecule has 6 nitrogen and oxygen atoms in total. The van der Waals surface area contributed by atoms with Gasteiger partial charge in [-0.3, -0.25) is 0 Å². The summed E-state index contributed by atoms with van der Waals surface area (Å²) in [6.07, 6.45) is 0. The van der Waals surface area contributed by atoms with E-state index >= 15 is 0 Å². The fourth-order valence-electron chi connectivity index (χ4n) is 2.54. The zero-order chi connectivity index (χ0) is 16.4. The highest BCUT2D eigenvalue weighted by Crippen LogP contribution is 2.32. The predicted molar refractivity (Wildman–Crippen MR) is 90.0 cm³/mol. The number of nitrogens with zero attached hydrogens (tertiary/aromatic N) is 4. The normalized spacial score (nSPS) is 10.9. The second kappa shape index (κ2) is 6.08. The zero-order valence-electron chi connectivity index (χ0n) is 13.0. The Bertz CT molecular complexity index is 1020. The molecule has 0 aliphatic rings. The molecule has 0 spiro atoms. The Labute approximate surface area is 138 Å². The summed E-state index contributed by atoms with van der Waals surface area (Å²) < 4.78 is 11.2. The third-order valence-corrected chi connectivity index (χ3v) is 3.70. The molecule has 0 saturated heterocycles. The molecule has 2 aromatic heterocycles. The van der Waals surface area contributed by atoms with Gasteiger partial charge in [-0.05, 0) is 24.3 Å². The van der Waals surface area contributed by atoms with Gasteiger partial charge in [0, 0.05) is 10.8 Å². The van der Waals surface area contributed by atoms with Gasteiger partial charge in [0.25, 0.3) is 5.88 Å². The third-order valence-electron chi connectivity index (χ3n) is 3.70. The smallest absolute Gasteiger partial charge is 0.277 e. The van der Waals surface area contributed by atoms with Crippen molar-refractivity contribution in [2.45, 2.75) is 6.61 Å². The van der Waals surface area contributed by atoms with Gasteiger partial charge in [-0.15, -0.1) is 10.2 Å². The van der Waals surface area contributed by atoms with Crippen LogP contribution in [-0.2, 0) is 6.61 Å². The molecule has 2 aromatic carbocycles. The maximum Gasteiger partial charge on any atom is 0.277 e. The minimum Gasteiger partial charge on any atom is -0.491 e. The molecule has 0 atom stereocenters. The number of methoxy groups -OCH3 is 1. The van der Waals surface area contributed by atoms with Crippen LogP contribution in [0.4, 0.5) is 0 Å². The molecule has 0 bridgehead atoms. The molecule has 24 heavy (non-hydrogen) atoms. The van der Waals surface area contributed by atoms with Crippen molar-refractivity contribution in [2.24, 2.45) is 0 Å². The molecule has 4 aromatic rings. The summed E-state index contributed by atoms with van der Waals surface area (Å²) in [6, 6.07) is 17.4. The summed E-state index contributed by atoms with van der Waals surface area (Å²) in [6.45, 7) is 0.237. The molecular weight excluding hydrogens is 304 g/mol. The number of aromatic nitrogens is 4. The number of hydrogen-bond donors (Lipinski definition) is 0. The van der Waals surface area contributed by atoms with Crippen LogP contribution in [0.15, 0.2) is 54.6 Å². The lowest BCUT2D eigenvalue weighted by Gasteiger charge is -2.10. The second-order valence-electron chi connectivity index (χ2n) is 5.24. The van der Waals surface area contributed by atoms with E-state index in [4.69, 9.17) is 9.47 Å². The van der Waals surface area contributed by atoms with Gasteiger partial charge in [0.1, 0.15) is 12.3 Å². The van der Waals surface area contributed by atoms with Crippen LogP contribution in [0.1, 0.15) is 5.69 Å². The van der Waals surface area contributed by atoms with Crippen molar-refractivity contribution < 1.29 is 9.47 Å². The molecule has 0 saturated carbocycles. The van der Waals surface area contributed by atoms with Crippen molar-refractivity contribution in [1.29, 1.82) is 0 Å². The van der Waals surface area contributed by atoms with E-state index < -0.39 is 0 Å². The topological polar surface area (TPSA) is 70.0 Å². The van der Waals surface area contributed by atoms with Crippen LogP contribution in [-0.4, -0.2) is 27.5 Å².